The molecule has 1 fully saturated rings. The first kappa shape index (κ1) is 14.5. The van der Waals surface area contributed by atoms with Gasteiger partial charge in [-0.15, -0.1) is 0 Å². The summed E-state index contributed by atoms with van der Waals surface area (Å²) in [4.78, 5) is 4.48. The lowest BCUT2D eigenvalue weighted by molar-refractivity contribution is 0.0903. The summed E-state index contributed by atoms with van der Waals surface area (Å²) in [6.07, 6.45) is 7.75. The topological polar surface area (TPSA) is 74.2 Å². The van der Waals surface area contributed by atoms with Gasteiger partial charge in [-0.25, -0.2) is 0 Å². The van der Waals surface area contributed by atoms with Crippen LogP contribution in [-0.2, 0) is 11.2 Å². The minimum atomic E-state index is -0.0716. The highest BCUT2D eigenvalue weighted by Gasteiger charge is 2.33. The van der Waals surface area contributed by atoms with Crippen molar-refractivity contribution in [1.82, 2.24) is 10.1 Å². The van der Waals surface area contributed by atoms with Crippen molar-refractivity contribution in [3.05, 3.63) is 11.7 Å². The summed E-state index contributed by atoms with van der Waals surface area (Å²) in [5.74, 6) is 1.36. The summed E-state index contributed by atoms with van der Waals surface area (Å²) in [5, 5.41) is 4.04. The summed E-state index contributed by atoms with van der Waals surface area (Å²) in [5.41, 5.74) is 6.15. The number of nitrogens with zero attached hydrogens (tertiary/aromatic N) is 2. The van der Waals surface area contributed by atoms with Gasteiger partial charge < -0.3 is 15.0 Å². The fourth-order valence-corrected chi connectivity index (χ4v) is 3.00. The Morgan fingerprint density at radius 2 is 2.11 bits per heavy atom. The van der Waals surface area contributed by atoms with E-state index in [2.05, 4.69) is 10.1 Å². The van der Waals surface area contributed by atoms with Crippen LogP contribution in [-0.4, -0.2) is 23.8 Å². The van der Waals surface area contributed by atoms with Gasteiger partial charge in [0.05, 0.1) is 0 Å². The van der Waals surface area contributed by atoms with Crippen LogP contribution in [0.3, 0.4) is 0 Å². The zero-order valence-electron chi connectivity index (χ0n) is 12.0. The SMILES string of the molecule is CCC(OC)c1noc(CC2(CN)CCCCC2)n1. The summed E-state index contributed by atoms with van der Waals surface area (Å²) >= 11 is 0. The van der Waals surface area contributed by atoms with Crippen LogP contribution in [0.5, 0.6) is 0 Å². The second kappa shape index (κ2) is 6.48. The fraction of sp³-hybridized carbons (Fsp3) is 0.857. The molecule has 1 aliphatic carbocycles. The Morgan fingerprint density at radius 1 is 1.37 bits per heavy atom. The van der Waals surface area contributed by atoms with E-state index >= 15 is 0 Å². The van der Waals surface area contributed by atoms with E-state index in [1.54, 1.807) is 7.11 Å². The quantitative estimate of drug-likeness (QED) is 0.857. The van der Waals surface area contributed by atoms with Crippen molar-refractivity contribution in [3.63, 3.8) is 0 Å². The molecule has 5 heteroatoms. The third kappa shape index (κ3) is 3.34. The largest absolute Gasteiger partial charge is 0.373 e. The van der Waals surface area contributed by atoms with E-state index in [0.29, 0.717) is 18.3 Å². The second-order valence-corrected chi connectivity index (χ2v) is 5.62. The average Bonchev–Trinajstić information content (AvgIpc) is 2.89. The third-order valence-corrected chi connectivity index (χ3v) is 4.30. The van der Waals surface area contributed by atoms with Gasteiger partial charge in [0, 0.05) is 13.5 Å². The lowest BCUT2D eigenvalue weighted by Gasteiger charge is -2.34. The summed E-state index contributed by atoms with van der Waals surface area (Å²) < 4.78 is 10.7. The molecule has 0 amide bonds. The molecular formula is C14H25N3O2. The van der Waals surface area contributed by atoms with Crippen LogP contribution in [0, 0.1) is 5.41 Å². The van der Waals surface area contributed by atoms with Crippen molar-refractivity contribution in [3.8, 4) is 0 Å². The monoisotopic (exact) mass is 267 g/mol. The maximum Gasteiger partial charge on any atom is 0.227 e. The van der Waals surface area contributed by atoms with Gasteiger partial charge in [-0.3, -0.25) is 0 Å². The lowest BCUT2D eigenvalue weighted by Crippen LogP contribution is -2.35. The van der Waals surface area contributed by atoms with Gasteiger partial charge in [0.25, 0.3) is 0 Å². The smallest absolute Gasteiger partial charge is 0.227 e. The summed E-state index contributed by atoms with van der Waals surface area (Å²) in [6, 6.07) is 0. The number of ether oxygens (including phenoxy) is 1. The van der Waals surface area contributed by atoms with Crippen molar-refractivity contribution >= 4 is 0 Å². The molecule has 5 nitrogen and oxygen atoms in total. The Morgan fingerprint density at radius 3 is 2.68 bits per heavy atom. The first-order valence-electron chi connectivity index (χ1n) is 7.28. The molecular weight excluding hydrogens is 242 g/mol. The fourth-order valence-electron chi connectivity index (χ4n) is 3.00. The zero-order chi connectivity index (χ0) is 13.7. The molecule has 1 aromatic rings. The van der Waals surface area contributed by atoms with E-state index in [4.69, 9.17) is 15.0 Å². The van der Waals surface area contributed by atoms with Gasteiger partial charge in [-0.2, -0.15) is 4.98 Å². The molecule has 1 aromatic heterocycles. The van der Waals surface area contributed by atoms with E-state index < -0.39 is 0 Å². The molecule has 2 rings (SSSR count). The van der Waals surface area contributed by atoms with Crippen LogP contribution in [0.15, 0.2) is 4.52 Å². The lowest BCUT2D eigenvalue weighted by atomic mass is 9.72. The van der Waals surface area contributed by atoms with Gasteiger partial charge in [0.15, 0.2) is 0 Å². The number of hydrogen-bond donors (Lipinski definition) is 1. The van der Waals surface area contributed by atoms with E-state index in [0.717, 1.165) is 12.8 Å². The Kier molecular flexibility index (Phi) is 4.93. The van der Waals surface area contributed by atoms with Crippen LogP contribution >= 0.6 is 0 Å². The highest BCUT2D eigenvalue weighted by atomic mass is 16.5. The standard InChI is InChI=1S/C14H25N3O2/c1-3-11(18-2)13-16-12(19-17-13)9-14(10-15)7-5-4-6-8-14/h11H,3-10,15H2,1-2H3. The summed E-state index contributed by atoms with van der Waals surface area (Å²) in [6.45, 7) is 2.75. The predicted molar refractivity (Wildman–Crippen MR) is 72.6 cm³/mol. The maximum absolute atomic E-state index is 5.99. The van der Waals surface area contributed by atoms with Crippen LogP contribution < -0.4 is 5.73 Å². The highest BCUT2D eigenvalue weighted by molar-refractivity contribution is 4.97. The number of nitrogens with two attached hydrogens (primary N) is 1. The summed E-state index contributed by atoms with van der Waals surface area (Å²) in [7, 11) is 1.67. The van der Waals surface area contributed by atoms with Gasteiger partial charge in [0.1, 0.15) is 6.10 Å². The number of rotatable bonds is 6. The molecule has 108 valence electrons. The van der Waals surface area contributed by atoms with Gasteiger partial charge in [-0.1, -0.05) is 31.3 Å². The van der Waals surface area contributed by atoms with Crippen LogP contribution in [0.25, 0.3) is 0 Å². The molecule has 0 aliphatic heterocycles. The second-order valence-electron chi connectivity index (χ2n) is 5.62. The average molecular weight is 267 g/mol. The maximum atomic E-state index is 5.99. The van der Waals surface area contributed by atoms with Crippen molar-refractivity contribution < 1.29 is 9.26 Å². The Hall–Kier alpha value is -0.940. The van der Waals surface area contributed by atoms with E-state index in [1.807, 2.05) is 6.92 Å². The van der Waals surface area contributed by atoms with Crippen molar-refractivity contribution in [2.45, 2.75) is 58.0 Å². The van der Waals surface area contributed by atoms with Crippen LogP contribution in [0.1, 0.15) is 63.3 Å². The molecule has 1 aliphatic rings. The predicted octanol–water partition coefficient (Wildman–Crippen LogP) is 2.62. The molecule has 1 heterocycles. The molecule has 0 aromatic carbocycles. The molecule has 0 spiro atoms. The minimum absolute atomic E-state index is 0.0716. The van der Waals surface area contributed by atoms with Crippen molar-refractivity contribution in [2.75, 3.05) is 13.7 Å². The molecule has 1 saturated carbocycles. The van der Waals surface area contributed by atoms with Crippen molar-refractivity contribution in [2.24, 2.45) is 11.1 Å². The first-order chi connectivity index (χ1) is 9.23. The van der Waals surface area contributed by atoms with Crippen LogP contribution in [0.4, 0.5) is 0 Å². The van der Waals surface area contributed by atoms with Gasteiger partial charge >= 0.3 is 0 Å². The van der Waals surface area contributed by atoms with E-state index in [9.17, 15) is 0 Å². The Labute approximate surface area is 114 Å². The van der Waals surface area contributed by atoms with Crippen molar-refractivity contribution in [1.29, 1.82) is 0 Å². The number of aromatic nitrogens is 2. The number of hydrogen-bond acceptors (Lipinski definition) is 5. The van der Waals surface area contributed by atoms with Gasteiger partial charge in [0.2, 0.25) is 11.7 Å². The molecule has 19 heavy (non-hydrogen) atoms. The van der Waals surface area contributed by atoms with Gasteiger partial charge in [-0.05, 0) is 31.2 Å². The third-order valence-electron chi connectivity index (χ3n) is 4.30. The van der Waals surface area contributed by atoms with E-state index in [-0.39, 0.29) is 11.5 Å². The first-order valence-corrected chi connectivity index (χ1v) is 7.28. The molecule has 1 atom stereocenters. The molecule has 0 saturated heterocycles. The highest BCUT2D eigenvalue weighted by Crippen LogP contribution is 2.38. The van der Waals surface area contributed by atoms with E-state index in [1.165, 1.54) is 32.1 Å². The molecule has 2 N–H and O–H groups in total. The minimum Gasteiger partial charge on any atom is -0.373 e. The Balaban J connectivity index is 2.05. The normalized spacial score (nSPS) is 20.4. The van der Waals surface area contributed by atoms with Crippen LogP contribution in [0.2, 0.25) is 0 Å². The molecule has 0 radical (unpaired) electrons. The molecule has 0 bridgehead atoms. The Bertz CT molecular complexity index is 382. The number of methoxy groups -OCH3 is 1. The zero-order valence-corrected chi connectivity index (χ0v) is 12.0. The molecule has 1 unspecified atom stereocenters.